The molecule has 0 bridgehead atoms. The van der Waals surface area contributed by atoms with Gasteiger partial charge < -0.3 is 15.4 Å². The molecular formula is C22H28N6O2. The molecule has 158 valence electrons. The number of fused-ring (bicyclic) bond motifs is 1. The van der Waals surface area contributed by atoms with Crippen molar-refractivity contribution in [2.45, 2.75) is 44.6 Å². The molecule has 1 aliphatic rings. The lowest BCUT2D eigenvalue weighted by atomic mass is 9.91. The van der Waals surface area contributed by atoms with E-state index in [0.717, 1.165) is 29.0 Å². The number of nitrogens with zero attached hydrogens (tertiary/aromatic N) is 5. The average Bonchev–Trinajstić information content (AvgIpc) is 3.32. The quantitative estimate of drug-likeness (QED) is 0.640. The van der Waals surface area contributed by atoms with Crippen LogP contribution in [0.1, 0.15) is 31.6 Å². The third kappa shape index (κ3) is 4.06. The van der Waals surface area contributed by atoms with E-state index in [0.29, 0.717) is 12.8 Å². The summed E-state index contributed by atoms with van der Waals surface area (Å²) in [7, 11) is 3.85. The zero-order valence-corrected chi connectivity index (χ0v) is 17.6. The lowest BCUT2D eigenvalue weighted by molar-refractivity contribution is -0.121. The lowest BCUT2D eigenvalue weighted by Gasteiger charge is -2.16. The standard InChI is InChI=1S/C22H28N6O2/c1-14-16(10-18(29)17(23)9-15-7-5-4-6-8-15)11-19(30-14)28-13-26-20-21(27(2)3)24-12-25-22(20)28/h4-8,12-14,16-17,19H,9-11,23H2,1-3H3/t14-,16-,17+,19-/m1/s1. The van der Waals surface area contributed by atoms with Crippen LogP contribution in [-0.2, 0) is 16.0 Å². The van der Waals surface area contributed by atoms with E-state index in [1.165, 1.54) is 6.33 Å². The minimum atomic E-state index is -0.497. The average molecular weight is 409 g/mol. The molecule has 4 atom stereocenters. The molecule has 3 aromatic rings. The summed E-state index contributed by atoms with van der Waals surface area (Å²) in [5.74, 6) is 0.952. The van der Waals surface area contributed by atoms with Crippen molar-refractivity contribution in [2.24, 2.45) is 11.7 Å². The largest absolute Gasteiger partial charge is 0.361 e. The second-order valence-corrected chi connectivity index (χ2v) is 8.17. The van der Waals surface area contributed by atoms with Crippen LogP contribution in [-0.4, -0.2) is 51.5 Å². The Hall–Kier alpha value is -2.84. The number of ketones is 1. The van der Waals surface area contributed by atoms with E-state index < -0.39 is 6.04 Å². The Morgan fingerprint density at radius 2 is 2.03 bits per heavy atom. The fourth-order valence-electron chi connectivity index (χ4n) is 4.06. The Morgan fingerprint density at radius 3 is 2.77 bits per heavy atom. The molecule has 0 amide bonds. The maximum atomic E-state index is 12.7. The number of carbonyl (C=O) groups is 1. The first-order valence-corrected chi connectivity index (χ1v) is 10.3. The number of Topliss-reactive ketones (excluding diaryl/α,β-unsaturated/α-hetero) is 1. The van der Waals surface area contributed by atoms with Crippen molar-refractivity contribution >= 4 is 22.8 Å². The van der Waals surface area contributed by atoms with Gasteiger partial charge in [-0.3, -0.25) is 9.36 Å². The third-order valence-corrected chi connectivity index (χ3v) is 5.79. The number of anilines is 1. The Balaban J connectivity index is 1.44. The maximum Gasteiger partial charge on any atom is 0.167 e. The first kappa shape index (κ1) is 20.4. The topological polar surface area (TPSA) is 99.2 Å². The molecule has 0 unspecified atom stereocenters. The molecule has 0 saturated carbocycles. The summed E-state index contributed by atoms with van der Waals surface area (Å²) < 4.78 is 8.12. The van der Waals surface area contributed by atoms with Crippen LogP contribution in [0.5, 0.6) is 0 Å². The predicted molar refractivity (Wildman–Crippen MR) is 115 cm³/mol. The normalized spacial score (nSPS) is 22.3. The minimum Gasteiger partial charge on any atom is -0.361 e. The van der Waals surface area contributed by atoms with Crippen molar-refractivity contribution in [3.05, 3.63) is 48.5 Å². The van der Waals surface area contributed by atoms with Gasteiger partial charge in [0.05, 0.1) is 18.5 Å². The first-order chi connectivity index (χ1) is 14.4. The fraction of sp³-hybridized carbons (Fsp3) is 0.455. The highest BCUT2D eigenvalue weighted by Gasteiger charge is 2.36. The van der Waals surface area contributed by atoms with Crippen molar-refractivity contribution in [3.63, 3.8) is 0 Å². The van der Waals surface area contributed by atoms with Gasteiger partial charge in [0.25, 0.3) is 0 Å². The second kappa shape index (κ2) is 8.49. The van der Waals surface area contributed by atoms with Gasteiger partial charge in [-0.2, -0.15) is 0 Å². The Labute approximate surface area is 176 Å². The van der Waals surface area contributed by atoms with Crippen LogP contribution < -0.4 is 10.6 Å². The molecule has 1 fully saturated rings. The zero-order valence-electron chi connectivity index (χ0n) is 17.6. The minimum absolute atomic E-state index is 0.0459. The fourth-order valence-corrected chi connectivity index (χ4v) is 4.06. The molecule has 2 aromatic heterocycles. The number of hydrogen-bond acceptors (Lipinski definition) is 7. The van der Waals surface area contributed by atoms with Crippen molar-refractivity contribution in [3.8, 4) is 0 Å². The van der Waals surface area contributed by atoms with Crippen LogP contribution >= 0.6 is 0 Å². The van der Waals surface area contributed by atoms with Crippen LogP contribution in [0.3, 0.4) is 0 Å². The highest BCUT2D eigenvalue weighted by atomic mass is 16.5. The number of aromatic nitrogens is 4. The molecule has 0 spiro atoms. The lowest BCUT2D eigenvalue weighted by Crippen LogP contribution is -2.34. The summed E-state index contributed by atoms with van der Waals surface area (Å²) in [6, 6.07) is 9.38. The summed E-state index contributed by atoms with van der Waals surface area (Å²) in [5.41, 5.74) is 8.75. The first-order valence-electron chi connectivity index (χ1n) is 10.3. The van der Waals surface area contributed by atoms with Gasteiger partial charge in [-0.15, -0.1) is 0 Å². The van der Waals surface area contributed by atoms with E-state index >= 15 is 0 Å². The molecule has 1 saturated heterocycles. The van der Waals surface area contributed by atoms with Gasteiger partial charge in [0.1, 0.15) is 18.3 Å². The molecule has 0 radical (unpaired) electrons. The smallest absolute Gasteiger partial charge is 0.167 e. The van der Waals surface area contributed by atoms with Crippen molar-refractivity contribution in [1.29, 1.82) is 0 Å². The molecule has 1 aromatic carbocycles. The molecule has 8 heteroatoms. The highest BCUT2D eigenvalue weighted by molar-refractivity contribution is 5.84. The molecule has 2 N–H and O–H groups in total. The van der Waals surface area contributed by atoms with Gasteiger partial charge in [0.15, 0.2) is 17.0 Å². The van der Waals surface area contributed by atoms with Crippen molar-refractivity contribution in [1.82, 2.24) is 19.5 Å². The van der Waals surface area contributed by atoms with Gasteiger partial charge >= 0.3 is 0 Å². The van der Waals surface area contributed by atoms with Crippen LogP contribution in [0.4, 0.5) is 5.82 Å². The number of nitrogens with two attached hydrogens (primary N) is 1. The van der Waals surface area contributed by atoms with Crippen LogP contribution in [0.2, 0.25) is 0 Å². The number of benzene rings is 1. The number of imidazole rings is 1. The summed E-state index contributed by atoms with van der Waals surface area (Å²) in [4.78, 5) is 27.9. The Morgan fingerprint density at radius 1 is 1.27 bits per heavy atom. The summed E-state index contributed by atoms with van der Waals surface area (Å²) in [6.45, 7) is 2.01. The third-order valence-electron chi connectivity index (χ3n) is 5.79. The molecule has 3 heterocycles. The molecule has 0 aliphatic carbocycles. The molecule has 4 rings (SSSR count). The molecule has 1 aliphatic heterocycles. The predicted octanol–water partition coefficient (Wildman–Crippen LogP) is 2.35. The van der Waals surface area contributed by atoms with E-state index in [1.807, 2.05) is 60.8 Å². The number of rotatable bonds is 7. The van der Waals surface area contributed by atoms with E-state index in [9.17, 15) is 4.79 Å². The van der Waals surface area contributed by atoms with E-state index in [1.54, 1.807) is 6.33 Å². The zero-order chi connectivity index (χ0) is 21.3. The van der Waals surface area contributed by atoms with E-state index in [-0.39, 0.29) is 24.0 Å². The van der Waals surface area contributed by atoms with Crippen molar-refractivity contribution < 1.29 is 9.53 Å². The SMILES string of the molecule is C[C@H]1O[C@@H](n2cnc3c(N(C)C)ncnc32)C[C@H]1CC(=O)[C@@H](N)Cc1ccccc1. The monoisotopic (exact) mass is 408 g/mol. The van der Waals surface area contributed by atoms with Crippen molar-refractivity contribution in [2.75, 3.05) is 19.0 Å². The number of ether oxygens (including phenoxy) is 1. The van der Waals surface area contributed by atoms with Gasteiger partial charge in [-0.1, -0.05) is 30.3 Å². The van der Waals surface area contributed by atoms with E-state index in [2.05, 4.69) is 15.0 Å². The summed E-state index contributed by atoms with van der Waals surface area (Å²) in [5, 5.41) is 0. The molecule has 30 heavy (non-hydrogen) atoms. The molecular weight excluding hydrogens is 380 g/mol. The summed E-state index contributed by atoms with van der Waals surface area (Å²) >= 11 is 0. The van der Waals surface area contributed by atoms with Crippen LogP contribution in [0.15, 0.2) is 43.0 Å². The highest BCUT2D eigenvalue weighted by Crippen LogP contribution is 2.37. The maximum absolute atomic E-state index is 12.7. The van der Waals surface area contributed by atoms with Gasteiger partial charge in [-0.25, -0.2) is 15.0 Å². The van der Waals surface area contributed by atoms with Gasteiger partial charge in [0.2, 0.25) is 0 Å². The van der Waals surface area contributed by atoms with E-state index in [4.69, 9.17) is 10.5 Å². The number of carbonyl (C=O) groups excluding carboxylic acids is 1. The summed E-state index contributed by atoms with van der Waals surface area (Å²) in [6.07, 6.45) is 4.72. The van der Waals surface area contributed by atoms with Crippen LogP contribution in [0.25, 0.3) is 11.2 Å². The Bertz CT molecular complexity index is 1020. The Kier molecular flexibility index (Phi) is 5.78. The van der Waals surface area contributed by atoms with Gasteiger partial charge in [-0.05, 0) is 31.2 Å². The second-order valence-electron chi connectivity index (χ2n) is 8.17. The van der Waals surface area contributed by atoms with Gasteiger partial charge in [0, 0.05) is 20.5 Å². The number of hydrogen-bond donors (Lipinski definition) is 1. The van der Waals surface area contributed by atoms with Crippen LogP contribution in [0, 0.1) is 5.92 Å². The molecule has 8 nitrogen and oxygen atoms in total.